The third-order valence-corrected chi connectivity index (χ3v) is 2.11. The minimum absolute atomic E-state index is 0.160. The number of benzene rings is 1. The van der Waals surface area contributed by atoms with Gasteiger partial charge in [-0.2, -0.15) is 0 Å². The molecule has 1 aromatic rings. The van der Waals surface area contributed by atoms with E-state index in [1.165, 1.54) is 0 Å². The summed E-state index contributed by atoms with van der Waals surface area (Å²) in [5.74, 6) is 0.722. The highest BCUT2D eigenvalue weighted by Gasteiger charge is 2.16. The van der Waals surface area contributed by atoms with Crippen molar-refractivity contribution in [3.8, 4) is 11.5 Å². The Balaban J connectivity index is 2.97. The molecule has 0 radical (unpaired) electrons. The molecule has 0 aliphatic rings. The van der Waals surface area contributed by atoms with E-state index in [1.807, 2.05) is 13.8 Å². The molecule has 0 heterocycles. The van der Waals surface area contributed by atoms with Crippen molar-refractivity contribution >= 4 is 0 Å². The van der Waals surface area contributed by atoms with Gasteiger partial charge in [-0.3, -0.25) is 0 Å². The topological polar surface area (TPSA) is 47.9 Å². The van der Waals surface area contributed by atoms with Gasteiger partial charge >= 0.3 is 0 Å². The third-order valence-electron chi connectivity index (χ3n) is 2.11. The highest BCUT2D eigenvalue weighted by Crippen LogP contribution is 2.31. The standard InChI is InChI=1S/C12H18O4/c1-4-15-12(16-5-2)10-7-6-9(13)8-11(10)14-3/h6-8,12-13H,4-5H2,1-3H3. The maximum absolute atomic E-state index is 9.35. The summed E-state index contributed by atoms with van der Waals surface area (Å²) in [6, 6.07) is 4.87. The molecule has 4 nitrogen and oxygen atoms in total. The lowest BCUT2D eigenvalue weighted by Gasteiger charge is -2.19. The Hall–Kier alpha value is -1.26. The van der Waals surface area contributed by atoms with E-state index >= 15 is 0 Å². The number of hydrogen-bond donors (Lipinski definition) is 1. The number of methoxy groups -OCH3 is 1. The zero-order chi connectivity index (χ0) is 12.0. The van der Waals surface area contributed by atoms with Gasteiger partial charge in [0.25, 0.3) is 0 Å². The van der Waals surface area contributed by atoms with Gasteiger partial charge in [-0.15, -0.1) is 0 Å². The first-order valence-electron chi connectivity index (χ1n) is 5.33. The fraction of sp³-hybridized carbons (Fsp3) is 0.500. The van der Waals surface area contributed by atoms with Gasteiger partial charge in [-0.25, -0.2) is 0 Å². The van der Waals surface area contributed by atoms with E-state index < -0.39 is 6.29 Å². The third kappa shape index (κ3) is 3.12. The number of hydrogen-bond acceptors (Lipinski definition) is 4. The molecule has 0 aliphatic heterocycles. The van der Waals surface area contributed by atoms with Crippen molar-refractivity contribution in [1.82, 2.24) is 0 Å². The molecule has 0 saturated heterocycles. The van der Waals surface area contributed by atoms with Crippen LogP contribution in [-0.4, -0.2) is 25.4 Å². The molecule has 0 unspecified atom stereocenters. The van der Waals surface area contributed by atoms with E-state index in [0.717, 1.165) is 5.56 Å². The smallest absolute Gasteiger partial charge is 0.187 e. The number of phenols is 1. The Morgan fingerprint density at radius 1 is 1.19 bits per heavy atom. The van der Waals surface area contributed by atoms with Crippen molar-refractivity contribution in [2.24, 2.45) is 0 Å². The average Bonchev–Trinajstić information content (AvgIpc) is 2.28. The quantitative estimate of drug-likeness (QED) is 0.757. The van der Waals surface area contributed by atoms with E-state index in [1.54, 1.807) is 25.3 Å². The number of phenolic OH excluding ortho intramolecular Hbond substituents is 1. The van der Waals surface area contributed by atoms with E-state index in [0.29, 0.717) is 19.0 Å². The Bertz CT molecular complexity index is 319. The lowest BCUT2D eigenvalue weighted by molar-refractivity contribution is -0.141. The molecule has 0 spiro atoms. The van der Waals surface area contributed by atoms with Gasteiger partial charge in [0.15, 0.2) is 6.29 Å². The number of ether oxygens (including phenoxy) is 3. The Morgan fingerprint density at radius 3 is 2.31 bits per heavy atom. The van der Waals surface area contributed by atoms with Crippen LogP contribution >= 0.6 is 0 Å². The van der Waals surface area contributed by atoms with Crippen LogP contribution in [0.5, 0.6) is 11.5 Å². The van der Waals surface area contributed by atoms with Crippen LogP contribution in [0.2, 0.25) is 0 Å². The number of rotatable bonds is 6. The molecular formula is C12H18O4. The maximum atomic E-state index is 9.35. The minimum Gasteiger partial charge on any atom is -0.508 e. The summed E-state index contributed by atoms with van der Waals surface area (Å²) in [5.41, 5.74) is 0.781. The van der Waals surface area contributed by atoms with E-state index in [4.69, 9.17) is 14.2 Å². The van der Waals surface area contributed by atoms with Crippen molar-refractivity contribution in [3.05, 3.63) is 23.8 Å². The lowest BCUT2D eigenvalue weighted by atomic mass is 10.2. The average molecular weight is 226 g/mol. The van der Waals surface area contributed by atoms with Crippen LogP contribution in [0.1, 0.15) is 25.7 Å². The first-order chi connectivity index (χ1) is 7.72. The van der Waals surface area contributed by atoms with Crippen LogP contribution in [-0.2, 0) is 9.47 Å². The Morgan fingerprint density at radius 2 is 1.81 bits per heavy atom. The summed E-state index contributed by atoms with van der Waals surface area (Å²) in [6.45, 7) is 4.90. The van der Waals surface area contributed by atoms with Crippen molar-refractivity contribution in [2.75, 3.05) is 20.3 Å². The molecule has 1 rings (SSSR count). The molecule has 0 saturated carbocycles. The summed E-state index contributed by atoms with van der Waals surface area (Å²) >= 11 is 0. The molecular weight excluding hydrogens is 208 g/mol. The molecule has 4 heteroatoms. The summed E-state index contributed by atoms with van der Waals surface area (Å²) in [5, 5.41) is 9.35. The van der Waals surface area contributed by atoms with Crippen molar-refractivity contribution in [2.45, 2.75) is 20.1 Å². The monoisotopic (exact) mass is 226 g/mol. The predicted molar refractivity (Wildman–Crippen MR) is 60.7 cm³/mol. The molecule has 16 heavy (non-hydrogen) atoms. The second kappa shape index (κ2) is 6.35. The predicted octanol–water partition coefficient (Wildman–Crippen LogP) is 2.47. The van der Waals surface area contributed by atoms with Crippen molar-refractivity contribution in [3.63, 3.8) is 0 Å². The molecule has 0 atom stereocenters. The van der Waals surface area contributed by atoms with E-state index in [2.05, 4.69) is 0 Å². The summed E-state index contributed by atoms with van der Waals surface area (Å²) in [6.07, 6.45) is -0.453. The fourth-order valence-electron chi connectivity index (χ4n) is 1.42. The van der Waals surface area contributed by atoms with Crippen LogP contribution in [0.15, 0.2) is 18.2 Å². The van der Waals surface area contributed by atoms with Crippen LogP contribution < -0.4 is 4.74 Å². The van der Waals surface area contributed by atoms with E-state index in [-0.39, 0.29) is 5.75 Å². The van der Waals surface area contributed by atoms with Gasteiger partial charge in [0, 0.05) is 24.8 Å². The van der Waals surface area contributed by atoms with Crippen LogP contribution in [0.25, 0.3) is 0 Å². The van der Waals surface area contributed by atoms with Gasteiger partial charge in [-0.05, 0) is 26.0 Å². The van der Waals surface area contributed by atoms with Crippen molar-refractivity contribution < 1.29 is 19.3 Å². The number of aromatic hydroxyl groups is 1. The van der Waals surface area contributed by atoms with E-state index in [9.17, 15) is 5.11 Å². The Kier molecular flexibility index (Phi) is 5.08. The van der Waals surface area contributed by atoms with Crippen LogP contribution in [0.4, 0.5) is 0 Å². The highest BCUT2D eigenvalue weighted by molar-refractivity contribution is 5.40. The fourth-order valence-corrected chi connectivity index (χ4v) is 1.42. The van der Waals surface area contributed by atoms with Gasteiger partial charge in [0.2, 0.25) is 0 Å². The first kappa shape index (κ1) is 12.8. The molecule has 1 aromatic carbocycles. The molecule has 0 amide bonds. The normalized spacial score (nSPS) is 10.8. The SMILES string of the molecule is CCOC(OCC)c1ccc(O)cc1OC. The summed E-state index contributed by atoms with van der Waals surface area (Å²) in [4.78, 5) is 0. The maximum Gasteiger partial charge on any atom is 0.187 e. The molecule has 1 N–H and O–H groups in total. The van der Waals surface area contributed by atoms with Gasteiger partial charge < -0.3 is 19.3 Å². The summed E-state index contributed by atoms with van der Waals surface area (Å²) in [7, 11) is 1.55. The lowest BCUT2D eigenvalue weighted by Crippen LogP contribution is -2.10. The summed E-state index contributed by atoms with van der Waals surface area (Å²) < 4.78 is 16.1. The van der Waals surface area contributed by atoms with Gasteiger partial charge in [-0.1, -0.05) is 0 Å². The van der Waals surface area contributed by atoms with Crippen molar-refractivity contribution in [1.29, 1.82) is 0 Å². The van der Waals surface area contributed by atoms with Crippen LogP contribution in [0, 0.1) is 0 Å². The largest absolute Gasteiger partial charge is 0.508 e. The molecule has 0 aromatic heterocycles. The molecule has 0 fully saturated rings. The second-order valence-corrected chi connectivity index (χ2v) is 3.17. The Labute approximate surface area is 95.8 Å². The van der Waals surface area contributed by atoms with Gasteiger partial charge in [0.1, 0.15) is 11.5 Å². The van der Waals surface area contributed by atoms with Crippen LogP contribution in [0.3, 0.4) is 0 Å². The zero-order valence-electron chi connectivity index (χ0n) is 9.90. The first-order valence-corrected chi connectivity index (χ1v) is 5.33. The zero-order valence-corrected chi connectivity index (χ0v) is 9.90. The minimum atomic E-state index is -0.453. The molecule has 0 aliphatic carbocycles. The molecule has 90 valence electrons. The second-order valence-electron chi connectivity index (χ2n) is 3.17. The van der Waals surface area contributed by atoms with Gasteiger partial charge in [0.05, 0.1) is 7.11 Å². The molecule has 0 bridgehead atoms. The highest BCUT2D eigenvalue weighted by atomic mass is 16.7.